The maximum Gasteiger partial charge on any atom is 0.187 e. The maximum atomic E-state index is 9.65. The van der Waals surface area contributed by atoms with Crippen LogP contribution in [0.5, 0.6) is 0 Å². The molecule has 0 unspecified atom stereocenters. The van der Waals surface area contributed by atoms with E-state index >= 15 is 0 Å². The second kappa shape index (κ2) is 14.5. The summed E-state index contributed by atoms with van der Waals surface area (Å²) in [4.78, 5) is 8.27. The Bertz CT molecular complexity index is 2920. The van der Waals surface area contributed by atoms with Crippen molar-refractivity contribution in [2.24, 2.45) is 0 Å². The van der Waals surface area contributed by atoms with Crippen LogP contribution in [0.2, 0.25) is 0 Å². The zero-order valence-electron chi connectivity index (χ0n) is 31.4. The van der Waals surface area contributed by atoms with Crippen molar-refractivity contribution in [2.75, 3.05) is 9.80 Å². The zero-order valence-corrected chi connectivity index (χ0v) is 31.4. The number of hydrogen-bond acceptors (Lipinski definition) is 3. The van der Waals surface area contributed by atoms with Crippen LogP contribution in [0.25, 0.3) is 59.4 Å². The Hall–Kier alpha value is -8.18. The first-order valence-electron chi connectivity index (χ1n) is 19.3. The lowest BCUT2D eigenvalue weighted by Gasteiger charge is -2.29. The molecule has 0 aromatic heterocycles. The molecule has 10 aromatic carbocycles. The van der Waals surface area contributed by atoms with Crippen molar-refractivity contribution < 1.29 is 0 Å². The summed E-state index contributed by atoms with van der Waals surface area (Å²) >= 11 is 0. The van der Waals surface area contributed by atoms with Gasteiger partial charge in [0.2, 0.25) is 0 Å². The summed E-state index contributed by atoms with van der Waals surface area (Å²) in [5, 5.41) is 16.6. The van der Waals surface area contributed by atoms with Crippen LogP contribution in [-0.4, -0.2) is 0 Å². The average molecular weight is 739 g/mol. The van der Waals surface area contributed by atoms with Crippen molar-refractivity contribution in [3.8, 4) is 28.3 Å². The van der Waals surface area contributed by atoms with Crippen molar-refractivity contribution in [1.82, 2.24) is 0 Å². The minimum Gasteiger partial charge on any atom is -0.310 e. The zero-order chi connectivity index (χ0) is 39.0. The summed E-state index contributed by atoms with van der Waals surface area (Å²) in [7, 11) is 0. The van der Waals surface area contributed by atoms with E-state index in [-0.39, 0.29) is 0 Å². The van der Waals surface area contributed by atoms with Gasteiger partial charge in [-0.05, 0) is 117 Å². The van der Waals surface area contributed by atoms with Gasteiger partial charge >= 0.3 is 0 Å². The van der Waals surface area contributed by atoms with Crippen LogP contribution < -0.4 is 9.80 Å². The summed E-state index contributed by atoms with van der Waals surface area (Å²) in [6, 6.07) is 74.1. The first kappa shape index (κ1) is 34.3. The molecule has 0 atom stereocenters. The van der Waals surface area contributed by atoms with Gasteiger partial charge in [-0.25, -0.2) is 4.85 Å². The highest BCUT2D eigenvalue weighted by molar-refractivity contribution is 6.28. The van der Waals surface area contributed by atoms with Crippen LogP contribution in [0.4, 0.5) is 39.8 Å². The van der Waals surface area contributed by atoms with Crippen LogP contribution >= 0.6 is 0 Å². The Morgan fingerprint density at radius 3 is 1.14 bits per heavy atom. The molecule has 10 aromatic rings. The van der Waals surface area contributed by atoms with E-state index in [9.17, 15) is 5.26 Å². The summed E-state index contributed by atoms with van der Waals surface area (Å²) in [6.07, 6.45) is 0. The van der Waals surface area contributed by atoms with E-state index in [1.54, 1.807) is 0 Å². The van der Waals surface area contributed by atoms with Gasteiger partial charge in [0, 0.05) is 33.5 Å². The maximum absolute atomic E-state index is 9.65. The molecule has 0 aliphatic carbocycles. The second-order valence-electron chi connectivity index (χ2n) is 14.4. The minimum absolute atomic E-state index is 0.604. The summed E-state index contributed by atoms with van der Waals surface area (Å²) in [5.41, 5.74) is 11.9. The molecule has 0 saturated carbocycles. The summed E-state index contributed by atoms with van der Waals surface area (Å²) < 4.78 is 0. The first-order valence-corrected chi connectivity index (χ1v) is 19.3. The number of nitrogens with zero attached hydrogens (tertiary/aromatic N) is 4. The number of rotatable bonds is 8. The van der Waals surface area contributed by atoms with Crippen LogP contribution in [0, 0.1) is 17.9 Å². The van der Waals surface area contributed by atoms with E-state index in [4.69, 9.17) is 6.57 Å². The Morgan fingerprint density at radius 2 is 0.741 bits per heavy atom. The fourth-order valence-electron chi connectivity index (χ4n) is 8.24. The molecule has 0 bridgehead atoms. The van der Waals surface area contributed by atoms with E-state index in [1.807, 2.05) is 60.7 Å². The number of nitriles is 1. The van der Waals surface area contributed by atoms with Crippen LogP contribution in [-0.2, 0) is 0 Å². The Kier molecular flexibility index (Phi) is 8.57. The fourth-order valence-corrected chi connectivity index (χ4v) is 8.24. The lowest BCUT2D eigenvalue weighted by molar-refractivity contribution is 1.29. The van der Waals surface area contributed by atoms with Crippen LogP contribution in [0.15, 0.2) is 206 Å². The third-order valence-corrected chi connectivity index (χ3v) is 11.1. The van der Waals surface area contributed by atoms with Crippen molar-refractivity contribution in [3.05, 3.63) is 223 Å². The molecule has 4 nitrogen and oxygen atoms in total. The molecule has 58 heavy (non-hydrogen) atoms. The molecular weight excluding hydrogens is 705 g/mol. The Labute approximate surface area is 337 Å². The minimum atomic E-state index is 0.604. The molecular formula is C54H34N4. The summed E-state index contributed by atoms with van der Waals surface area (Å²) in [5.74, 6) is 0. The normalized spacial score (nSPS) is 11.1. The number of anilines is 6. The first-order chi connectivity index (χ1) is 28.7. The van der Waals surface area contributed by atoms with Crippen molar-refractivity contribution in [1.29, 1.82) is 5.26 Å². The van der Waals surface area contributed by atoms with Gasteiger partial charge in [-0.3, -0.25) is 0 Å². The topological polar surface area (TPSA) is 34.6 Å². The molecule has 0 spiro atoms. The van der Waals surface area contributed by atoms with Crippen molar-refractivity contribution in [2.45, 2.75) is 0 Å². The molecule has 0 aliphatic rings. The van der Waals surface area contributed by atoms with E-state index in [2.05, 4.69) is 166 Å². The number of hydrogen-bond donors (Lipinski definition) is 0. The van der Waals surface area contributed by atoms with Crippen LogP contribution in [0.3, 0.4) is 0 Å². The smallest absolute Gasteiger partial charge is 0.187 e. The lowest BCUT2D eigenvalue weighted by atomic mass is 9.91. The fraction of sp³-hybridized carbons (Fsp3) is 0. The predicted molar refractivity (Wildman–Crippen MR) is 241 cm³/mol. The molecule has 270 valence electrons. The Balaban J connectivity index is 1.16. The third-order valence-electron chi connectivity index (χ3n) is 11.1. The molecule has 0 amide bonds. The monoisotopic (exact) mass is 738 g/mol. The molecule has 0 saturated heterocycles. The Morgan fingerprint density at radius 1 is 0.379 bits per heavy atom. The van der Waals surface area contributed by atoms with Gasteiger partial charge in [0.25, 0.3) is 0 Å². The van der Waals surface area contributed by atoms with E-state index in [1.165, 1.54) is 21.9 Å². The van der Waals surface area contributed by atoms with Crippen molar-refractivity contribution in [3.63, 3.8) is 0 Å². The van der Waals surface area contributed by atoms with Gasteiger partial charge in [-0.15, -0.1) is 0 Å². The molecule has 0 aliphatic heterocycles. The van der Waals surface area contributed by atoms with Gasteiger partial charge in [0.15, 0.2) is 5.69 Å². The highest BCUT2D eigenvalue weighted by atomic mass is 15.1. The van der Waals surface area contributed by atoms with E-state index < -0.39 is 0 Å². The number of benzene rings is 10. The van der Waals surface area contributed by atoms with E-state index in [0.29, 0.717) is 11.3 Å². The van der Waals surface area contributed by atoms with E-state index in [0.717, 1.165) is 66.8 Å². The highest BCUT2D eigenvalue weighted by Crippen LogP contribution is 2.48. The lowest BCUT2D eigenvalue weighted by Crippen LogP contribution is -2.11. The second-order valence-corrected chi connectivity index (χ2v) is 14.4. The standard InChI is InChI=1S/C54H34N4/c1-56-44-22-30-48(31-23-44)58(47-28-16-41(17-29-47)39-10-6-3-7-11-39)52-35-21-43-18-32-49-51(34-20-42-19-33-50(52)54(43)53(42)49)57(45-24-12-37(36-55)13-25-45)46-26-14-40(15-27-46)38-8-4-2-5-9-38/h2-35H. The summed E-state index contributed by atoms with van der Waals surface area (Å²) in [6.45, 7) is 7.60. The van der Waals surface area contributed by atoms with Crippen LogP contribution in [0.1, 0.15) is 5.56 Å². The molecule has 4 heteroatoms. The molecule has 0 N–H and O–H groups in total. The van der Waals surface area contributed by atoms with Gasteiger partial charge in [-0.2, -0.15) is 5.26 Å². The molecule has 0 radical (unpaired) electrons. The average Bonchev–Trinajstić information content (AvgIpc) is 3.30. The van der Waals surface area contributed by atoms with Gasteiger partial charge in [0.05, 0.1) is 29.6 Å². The van der Waals surface area contributed by atoms with Gasteiger partial charge in [-0.1, -0.05) is 133 Å². The largest absolute Gasteiger partial charge is 0.310 e. The molecule has 0 heterocycles. The third kappa shape index (κ3) is 6.03. The van der Waals surface area contributed by atoms with Crippen molar-refractivity contribution >= 4 is 72.1 Å². The van der Waals surface area contributed by atoms with Gasteiger partial charge < -0.3 is 9.80 Å². The quantitative estimate of drug-likeness (QED) is 0.115. The van der Waals surface area contributed by atoms with Gasteiger partial charge in [0.1, 0.15) is 0 Å². The molecule has 0 fully saturated rings. The highest BCUT2D eigenvalue weighted by Gasteiger charge is 2.22. The molecule has 10 rings (SSSR count). The predicted octanol–water partition coefficient (Wildman–Crippen LogP) is 15.3. The SMILES string of the molecule is [C-]#[N+]c1ccc(N(c2ccc(-c3ccccc3)cc2)c2ccc3ccc4c(N(c5ccc(C#N)cc5)c5ccc(-c6ccccc6)cc5)ccc5ccc2c3c54)cc1.